The summed E-state index contributed by atoms with van der Waals surface area (Å²) in [6.45, 7) is 1.68. The first-order valence-corrected chi connectivity index (χ1v) is 11.4. The molecule has 0 radical (unpaired) electrons. The van der Waals surface area contributed by atoms with Crippen LogP contribution in [0, 0.1) is 3.57 Å². The summed E-state index contributed by atoms with van der Waals surface area (Å²) in [5.74, 6) is -1.65. The maximum absolute atomic E-state index is 12.5. The highest BCUT2D eigenvalue weighted by molar-refractivity contribution is 14.1. The minimum Gasteiger partial charge on any atom is -0.478 e. The van der Waals surface area contributed by atoms with Crippen LogP contribution in [-0.2, 0) is 9.53 Å². The standard InChI is InChI=1S/C25H21IN2O5/c1-14(23(29)28-17-11-15(24(30)31)10-16(26)12-17)27-25(32)33-13-22-20-8-4-2-6-18(20)19-7-3-5-9-21(19)22/h2-12,14,22H,13H2,1H3,(H,27,32)(H,28,29)(H,30,31). The Labute approximate surface area is 204 Å². The van der Waals surface area contributed by atoms with Crippen molar-refractivity contribution in [3.05, 3.63) is 87.0 Å². The van der Waals surface area contributed by atoms with E-state index in [0.29, 0.717) is 9.26 Å². The molecule has 0 fully saturated rings. The summed E-state index contributed by atoms with van der Waals surface area (Å²) >= 11 is 1.97. The number of carboxylic acid groups (broad SMARTS) is 1. The number of nitrogens with one attached hydrogen (secondary N) is 2. The van der Waals surface area contributed by atoms with E-state index in [9.17, 15) is 19.5 Å². The van der Waals surface area contributed by atoms with Crippen LogP contribution >= 0.6 is 22.6 Å². The number of ether oxygens (including phenoxy) is 1. The third kappa shape index (κ3) is 5.00. The molecule has 168 valence electrons. The number of alkyl carbamates (subject to hydrolysis) is 1. The monoisotopic (exact) mass is 556 g/mol. The summed E-state index contributed by atoms with van der Waals surface area (Å²) in [4.78, 5) is 36.1. The minimum absolute atomic E-state index is 0.0642. The highest BCUT2D eigenvalue weighted by Crippen LogP contribution is 2.44. The first kappa shape index (κ1) is 22.8. The number of benzene rings is 3. The summed E-state index contributed by atoms with van der Waals surface area (Å²) in [5, 5.41) is 14.3. The maximum Gasteiger partial charge on any atom is 0.407 e. The van der Waals surface area contributed by atoms with E-state index in [1.165, 1.54) is 19.1 Å². The lowest BCUT2D eigenvalue weighted by atomic mass is 9.98. The zero-order valence-electron chi connectivity index (χ0n) is 17.7. The fourth-order valence-electron chi connectivity index (χ4n) is 3.92. The normalized spacial score (nSPS) is 12.9. The molecule has 3 N–H and O–H groups in total. The first-order valence-electron chi connectivity index (χ1n) is 10.3. The molecule has 0 bridgehead atoms. The van der Waals surface area contributed by atoms with Gasteiger partial charge in [0.15, 0.2) is 0 Å². The maximum atomic E-state index is 12.5. The quantitative estimate of drug-likeness (QED) is 0.377. The van der Waals surface area contributed by atoms with E-state index in [-0.39, 0.29) is 18.1 Å². The lowest BCUT2D eigenvalue weighted by Gasteiger charge is -2.17. The van der Waals surface area contributed by atoms with Gasteiger partial charge in [-0.1, -0.05) is 48.5 Å². The highest BCUT2D eigenvalue weighted by Gasteiger charge is 2.29. The van der Waals surface area contributed by atoms with Crippen molar-refractivity contribution in [1.29, 1.82) is 0 Å². The number of carbonyl (C=O) groups is 3. The molecular formula is C25H21IN2O5. The molecule has 0 aliphatic heterocycles. The van der Waals surface area contributed by atoms with E-state index >= 15 is 0 Å². The first-order chi connectivity index (χ1) is 15.8. The van der Waals surface area contributed by atoms with Gasteiger partial charge in [-0.2, -0.15) is 0 Å². The summed E-state index contributed by atoms with van der Waals surface area (Å²) in [6, 6.07) is 19.7. The molecule has 1 aliphatic rings. The molecule has 0 spiro atoms. The lowest BCUT2D eigenvalue weighted by Crippen LogP contribution is -2.42. The number of rotatable bonds is 6. The number of aromatic carboxylic acids is 1. The molecule has 0 saturated heterocycles. The van der Waals surface area contributed by atoms with Crippen LogP contribution in [0.15, 0.2) is 66.7 Å². The summed E-state index contributed by atoms with van der Waals surface area (Å²) in [7, 11) is 0. The molecular weight excluding hydrogens is 535 g/mol. The Morgan fingerprint density at radius 1 is 1.00 bits per heavy atom. The molecule has 7 nitrogen and oxygen atoms in total. The SMILES string of the molecule is CC(NC(=O)OCC1c2ccccc2-c2ccccc21)C(=O)Nc1cc(I)cc(C(=O)O)c1. The van der Waals surface area contributed by atoms with Crippen molar-refractivity contribution in [3.8, 4) is 11.1 Å². The molecule has 3 aromatic carbocycles. The van der Waals surface area contributed by atoms with E-state index in [2.05, 4.69) is 22.8 Å². The van der Waals surface area contributed by atoms with E-state index in [0.717, 1.165) is 22.3 Å². The van der Waals surface area contributed by atoms with Crippen LogP contribution in [-0.4, -0.2) is 35.7 Å². The number of anilines is 1. The number of fused-ring (bicyclic) bond motifs is 3. The van der Waals surface area contributed by atoms with Crippen LogP contribution < -0.4 is 10.6 Å². The minimum atomic E-state index is -1.09. The average molecular weight is 556 g/mol. The number of carbonyl (C=O) groups excluding carboxylic acids is 2. The van der Waals surface area contributed by atoms with Crippen LogP contribution in [0.1, 0.15) is 34.3 Å². The number of hydrogen-bond donors (Lipinski definition) is 3. The predicted molar refractivity (Wildman–Crippen MR) is 132 cm³/mol. The Bertz CT molecular complexity index is 1200. The molecule has 0 aromatic heterocycles. The molecule has 1 unspecified atom stereocenters. The van der Waals surface area contributed by atoms with Gasteiger partial charge < -0.3 is 20.5 Å². The molecule has 0 heterocycles. The third-order valence-corrected chi connectivity index (χ3v) is 6.11. The highest BCUT2D eigenvalue weighted by atomic mass is 127. The van der Waals surface area contributed by atoms with E-state index in [1.807, 2.05) is 59.0 Å². The van der Waals surface area contributed by atoms with Gasteiger partial charge in [0.2, 0.25) is 5.91 Å². The Morgan fingerprint density at radius 3 is 2.21 bits per heavy atom. The van der Waals surface area contributed by atoms with E-state index in [1.54, 1.807) is 6.07 Å². The lowest BCUT2D eigenvalue weighted by molar-refractivity contribution is -0.117. The zero-order chi connectivity index (χ0) is 23.5. The van der Waals surface area contributed by atoms with Crippen molar-refractivity contribution in [2.24, 2.45) is 0 Å². The molecule has 3 aromatic rings. The van der Waals surface area contributed by atoms with Gasteiger partial charge >= 0.3 is 12.1 Å². The Balaban J connectivity index is 1.37. The van der Waals surface area contributed by atoms with Gasteiger partial charge in [-0.05, 0) is 70.0 Å². The Morgan fingerprint density at radius 2 is 1.61 bits per heavy atom. The second-order valence-corrected chi connectivity index (χ2v) is 8.96. The van der Waals surface area contributed by atoms with E-state index < -0.39 is 24.0 Å². The molecule has 8 heteroatoms. The van der Waals surface area contributed by atoms with Gasteiger partial charge in [0, 0.05) is 15.2 Å². The summed E-state index contributed by atoms with van der Waals surface area (Å²) in [6.07, 6.45) is -0.701. The topological polar surface area (TPSA) is 105 Å². The largest absolute Gasteiger partial charge is 0.478 e. The van der Waals surface area contributed by atoms with Crippen LogP contribution in [0.25, 0.3) is 11.1 Å². The van der Waals surface area contributed by atoms with Gasteiger partial charge in [0.1, 0.15) is 12.6 Å². The fourth-order valence-corrected chi connectivity index (χ4v) is 4.59. The summed E-state index contributed by atoms with van der Waals surface area (Å²) in [5.41, 5.74) is 4.87. The van der Waals surface area contributed by atoms with Gasteiger partial charge in [-0.3, -0.25) is 4.79 Å². The van der Waals surface area contributed by atoms with Crippen molar-refractivity contribution in [2.75, 3.05) is 11.9 Å². The molecule has 4 rings (SSSR count). The second-order valence-electron chi connectivity index (χ2n) is 7.71. The van der Waals surface area contributed by atoms with Crippen LogP contribution in [0.3, 0.4) is 0 Å². The van der Waals surface area contributed by atoms with Crippen LogP contribution in [0.4, 0.5) is 10.5 Å². The zero-order valence-corrected chi connectivity index (χ0v) is 19.8. The van der Waals surface area contributed by atoms with Gasteiger partial charge in [0.05, 0.1) is 5.56 Å². The predicted octanol–water partition coefficient (Wildman–Crippen LogP) is 4.86. The van der Waals surface area contributed by atoms with Crippen molar-refractivity contribution in [1.82, 2.24) is 5.32 Å². The fraction of sp³-hybridized carbons (Fsp3) is 0.160. The number of amides is 2. The Kier molecular flexibility index (Phi) is 6.64. The van der Waals surface area contributed by atoms with Crippen molar-refractivity contribution >= 4 is 46.2 Å². The molecule has 1 aliphatic carbocycles. The average Bonchev–Trinajstić information content (AvgIpc) is 3.11. The molecule has 1 atom stereocenters. The van der Waals surface area contributed by atoms with Crippen molar-refractivity contribution < 1.29 is 24.2 Å². The number of hydrogen-bond acceptors (Lipinski definition) is 4. The van der Waals surface area contributed by atoms with Crippen LogP contribution in [0.2, 0.25) is 0 Å². The van der Waals surface area contributed by atoms with Gasteiger partial charge in [-0.15, -0.1) is 0 Å². The number of carboxylic acids is 1. The summed E-state index contributed by atoms with van der Waals surface area (Å²) < 4.78 is 6.14. The van der Waals surface area contributed by atoms with Crippen molar-refractivity contribution in [2.45, 2.75) is 18.9 Å². The smallest absolute Gasteiger partial charge is 0.407 e. The second kappa shape index (κ2) is 9.62. The molecule has 2 amide bonds. The Hall–Kier alpha value is -3.40. The van der Waals surface area contributed by atoms with Gasteiger partial charge in [0.25, 0.3) is 0 Å². The molecule has 0 saturated carbocycles. The van der Waals surface area contributed by atoms with Crippen LogP contribution in [0.5, 0.6) is 0 Å². The molecule has 33 heavy (non-hydrogen) atoms. The van der Waals surface area contributed by atoms with Crippen molar-refractivity contribution in [3.63, 3.8) is 0 Å². The van der Waals surface area contributed by atoms with E-state index in [4.69, 9.17) is 4.74 Å². The van der Waals surface area contributed by atoms with Gasteiger partial charge in [-0.25, -0.2) is 9.59 Å². The number of halogens is 1. The third-order valence-electron chi connectivity index (χ3n) is 5.48.